The van der Waals surface area contributed by atoms with Gasteiger partial charge < -0.3 is 25.2 Å². The molecule has 3 aliphatic heterocycles. The smallest absolute Gasteiger partial charge is 0.407 e. The fourth-order valence-electron chi connectivity index (χ4n) is 8.52. The molecular formula is C43H60N4O8S. The highest BCUT2D eigenvalue weighted by Crippen LogP contribution is 2.48. The summed E-state index contributed by atoms with van der Waals surface area (Å²) in [7, 11) is -2.19. The van der Waals surface area contributed by atoms with Crippen LogP contribution in [0.4, 0.5) is 4.79 Å². The van der Waals surface area contributed by atoms with Crippen LogP contribution in [-0.2, 0) is 41.1 Å². The summed E-state index contributed by atoms with van der Waals surface area (Å²) in [5, 5.41) is 17.8. The Morgan fingerprint density at radius 2 is 1.79 bits per heavy atom. The van der Waals surface area contributed by atoms with E-state index in [2.05, 4.69) is 66.1 Å². The first-order valence-electron chi connectivity index (χ1n) is 19.9. The summed E-state index contributed by atoms with van der Waals surface area (Å²) in [6.07, 6.45) is 4.67. The van der Waals surface area contributed by atoms with E-state index < -0.39 is 68.0 Å². The molecule has 7 atom stereocenters. The van der Waals surface area contributed by atoms with E-state index in [9.17, 15) is 27.9 Å². The average molecular weight is 793 g/mol. The minimum absolute atomic E-state index is 0.104. The maximum atomic E-state index is 14.6. The lowest BCUT2D eigenvalue weighted by Crippen LogP contribution is -2.61. The second kappa shape index (κ2) is 15.9. The predicted octanol–water partition coefficient (Wildman–Crippen LogP) is 5.54. The molecule has 3 heterocycles. The maximum absolute atomic E-state index is 14.6. The number of nitrogens with one attached hydrogen (secondary N) is 3. The number of rotatable bonds is 8. The molecule has 2 aliphatic carbocycles. The fourth-order valence-corrected chi connectivity index (χ4v) is 9.84. The third kappa shape index (κ3) is 9.16. The van der Waals surface area contributed by atoms with Crippen LogP contribution in [0.25, 0.3) is 11.1 Å². The van der Waals surface area contributed by atoms with Gasteiger partial charge in [-0.1, -0.05) is 95.6 Å². The average Bonchev–Trinajstić information content (AvgIpc) is 4.07. The van der Waals surface area contributed by atoms with Gasteiger partial charge in [0.25, 0.3) is 0 Å². The molecule has 0 spiro atoms. The van der Waals surface area contributed by atoms with Crippen molar-refractivity contribution in [2.24, 2.45) is 16.7 Å². The molecule has 3 fully saturated rings. The highest BCUT2D eigenvalue weighted by molar-refractivity contribution is 7.90. The van der Waals surface area contributed by atoms with E-state index in [1.54, 1.807) is 18.1 Å². The molecule has 13 heteroatoms. The number of aryl methyl sites for hydroxylation is 1. The number of carbonyl (C=O) groups is 3. The standard InChI is InChI=1S/C43H60N4O8S/c1-8-30-23-42(30,25-35(48)46-56(52,53)32-20-21-32)45-37(49)34-24-43(54-7)26-47(34)38(50)36(40(2,3)4)44-39(51)55-27-41(5,6)22-12-11-14-28-13-9-10-15-33(28)29-16-18-31(43)19-17-29/h8-10,13,15-19,30,32,34,36,38,50H,1,11-12,14,20-27H2,2-7H3,(H,44,51)(H,45,49)(H,46,48)/t30-,34+,36-,38?,42+,43+/m1/s1. The van der Waals surface area contributed by atoms with Crippen molar-refractivity contribution in [3.05, 3.63) is 72.3 Å². The van der Waals surface area contributed by atoms with E-state index >= 15 is 0 Å². The molecule has 0 aromatic heterocycles. The van der Waals surface area contributed by atoms with Crippen molar-refractivity contribution >= 4 is 27.9 Å². The lowest BCUT2D eigenvalue weighted by atomic mass is 9.85. The molecule has 4 N–H and O–H groups in total. The zero-order valence-corrected chi connectivity index (χ0v) is 34.5. The summed E-state index contributed by atoms with van der Waals surface area (Å²) in [5.74, 6) is -1.40. The van der Waals surface area contributed by atoms with E-state index in [-0.39, 0.29) is 37.3 Å². The van der Waals surface area contributed by atoms with Crippen LogP contribution in [0.3, 0.4) is 0 Å². The van der Waals surface area contributed by atoms with Gasteiger partial charge in [0, 0.05) is 26.0 Å². The van der Waals surface area contributed by atoms with E-state index in [0.29, 0.717) is 19.3 Å². The van der Waals surface area contributed by atoms with Crippen LogP contribution in [-0.4, -0.2) is 85.7 Å². The van der Waals surface area contributed by atoms with Crippen molar-refractivity contribution in [2.45, 2.75) is 127 Å². The van der Waals surface area contributed by atoms with Crippen LogP contribution in [0.5, 0.6) is 0 Å². The molecule has 2 aromatic rings. The topological polar surface area (TPSA) is 163 Å². The van der Waals surface area contributed by atoms with Gasteiger partial charge in [0.2, 0.25) is 21.8 Å². The number of benzene rings is 2. The van der Waals surface area contributed by atoms with Crippen molar-refractivity contribution < 1.29 is 37.4 Å². The molecule has 1 saturated heterocycles. The number of fused-ring (bicyclic) bond motifs is 12. The minimum atomic E-state index is -3.78. The molecule has 12 nitrogen and oxygen atoms in total. The molecule has 3 amide bonds. The molecular weight excluding hydrogens is 733 g/mol. The van der Waals surface area contributed by atoms with Gasteiger partial charge in [-0.25, -0.2) is 13.2 Å². The lowest BCUT2D eigenvalue weighted by Gasteiger charge is -2.41. The van der Waals surface area contributed by atoms with E-state index in [0.717, 1.165) is 42.4 Å². The van der Waals surface area contributed by atoms with Crippen LogP contribution < -0.4 is 15.4 Å². The molecule has 4 bridgehead atoms. The van der Waals surface area contributed by atoms with Crippen molar-refractivity contribution in [3.63, 3.8) is 0 Å². The van der Waals surface area contributed by atoms with Crippen LogP contribution in [0, 0.1) is 16.7 Å². The number of carbonyl (C=O) groups excluding carboxylic acids is 3. The van der Waals surface area contributed by atoms with Crippen LogP contribution in [0.2, 0.25) is 0 Å². The Morgan fingerprint density at radius 1 is 1.09 bits per heavy atom. The number of methoxy groups -OCH3 is 1. The van der Waals surface area contributed by atoms with Crippen LogP contribution in [0.15, 0.2) is 61.2 Å². The Kier molecular flexibility index (Phi) is 11.9. The van der Waals surface area contributed by atoms with Crippen molar-refractivity contribution in [2.75, 3.05) is 20.3 Å². The maximum Gasteiger partial charge on any atom is 0.407 e. The summed E-state index contributed by atoms with van der Waals surface area (Å²) in [6.45, 7) is 14.0. The number of aliphatic hydroxyl groups is 1. The second-order valence-electron chi connectivity index (χ2n) is 18.3. The Hall–Kier alpha value is -3.78. The zero-order chi connectivity index (χ0) is 40.7. The number of alkyl carbamates (subject to hydrolysis) is 1. The molecule has 2 saturated carbocycles. The number of aliphatic hydroxyl groups excluding tert-OH is 1. The number of hydrogen-bond acceptors (Lipinski definition) is 9. The third-order valence-electron chi connectivity index (χ3n) is 12.3. The Balaban J connectivity index is 1.36. The van der Waals surface area contributed by atoms with Gasteiger partial charge in [-0.15, -0.1) is 6.58 Å². The van der Waals surface area contributed by atoms with E-state index in [1.807, 2.05) is 39.0 Å². The molecule has 306 valence electrons. The van der Waals surface area contributed by atoms with E-state index in [1.165, 1.54) is 5.56 Å². The van der Waals surface area contributed by atoms with Gasteiger partial charge in [-0.2, -0.15) is 0 Å². The highest BCUT2D eigenvalue weighted by atomic mass is 32.2. The minimum Gasteiger partial charge on any atom is -0.449 e. The zero-order valence-electron chi connectivity index (χ0n) is 33.7. The Bertz CT molecular complexity index is 1910. The van der Waals surface area contributed by atoms with Crippen LogP contribution in [0.1, 0.15) is 97.1 Å². The predicted molar refractivity (Wildman–Crippen MR) is 215 cm³/mol. The van der Waals surface area contributed by atoms with Gasteiger partial charge in [-0.3, -0.25) is 19.2 Å². The number of sulfonamides is 1. The van der Waals surface area contributed by atoms with E-state index in [4.69, 9.17) is 9.47 Å². The largest absolute Gasteiger partial charge is 0.449 e. The summed E-state index contributed by atoms with van der Waals surface area (Å²) in [6, 6.07) is 14.7. The lowest BCUT2D eigenvalue weighted by molar-refractivity contribution is -0.133. The number of amides is 3. The van der Waals surface area contributed by atoms with Gasteiger partial charge >= 0.3 is 6.09 Å². The summed E-state index contributed by atoms with van der Waals surface area (Å²) in [5.41, 5.74) is 1.22. The summed E-state index contributed by atoms with van der Waals surface area (Å²) < 4.78 is 39.5. The number of ether oxygens (including phenoxy) is 2. The number of hydrogen-bond donors (Lipinski definition) is 4. The van der Waals surface area contributed by atoms with Gasteiger partial charge in [0.05, 0.1) is 35.9 Å². The molecule has 0 radical (unpaired) electrons. The molecule has 7 rings (SSSR count). The quantitative estimate of drug-likeness (QED) is 0.252. The fraction of sp³-hybridized carbons (Fsp3) is 0.605. The monoisotopic (exact) mass is 792 g/mol. The van der Waals surface area contributed by atoms with Gasteiger partial charge in [0.15, 0.2) is 0 Å². The van der Waals surface area contributed by atoms with Crippen LogP contribution >= 0.6 is 0 Å². The SMILES string of the molecule is C=C[C@@H]1C[C@@]1(CC(=O)NS(=O)(=O)C1CC1)NC(=O)[C@@H]1C[C@]2(OC)CN1C(O)[C@H](C(C)(C)C)NC(=O)OCC(C)(C)CCCCc1ccccc1-c1ccc2cc1. The third-order valence-corrected chi connectivity index (χ3v) is 14.1. The molecule has 2 aromatic carbocycles. The van der Waals surface area contributed by atoms with Gasteiger partial charge in [-0.05, 0) is 71.6 Å². The van der Waals surface area contributed by atoms with Crippen molar-refractivity contribution in [1.29, 1.82) is 0 Å². The number of nitrogens with zero attached hydrogens (tertiary/aromatic N) is 1. The first-order valence-corrected chi connectivity index (χ1v) is 21.5. The summed E-state index contributed by atoms with van der Waals surface area (Å²) >= 11 is 0. The van der Waals surface area contributed by atoms with Crippen molar-refractivity contribution in [1.82, 2.24) is 20.3 Å². The molecule has 5 aliphatic rings. The summed E-state index contributed by atoms with van der Waals surface area (Å²) in [4.78, 5) is 42.9. The van der Waals surface area contributed by atoms with Crippen molar-refractivity contribution in [3.8, 4) is 11.1 Å². The second-order valence-corrected chi connectivity index (χ2v) is 20.3. The highest BCUT2D eigenvalue weighted by Gasteiger charge is 2.58. The normalized spacial score (nSPS) is 30.9. The first-order chi connectivity index (χ1) is 26.3. The Labute approximate surface area is 332 Å². The first kappa shape index (κ1) is 41.8. The van der Waals surface area contributed by atoms with Gasteiger partial charge in [0.1, 0.15) is 11.8 Å². The Morgan fingerprint density at radius 3 is 2.41 bits per heavy atom. The molecule has 2 unspecified atom stereocenters. The molecule has 56 heavy (non-hydrogen) atoms.